The zero-order valence-electron chi connectivity index (χ0n) is 8.61. The van der Waals surface area contributed by atoms with Crippen molar-refractivity contribution in [3.8, 4) is 5.75 Å². The minimum atomic E-state index is -1.08. The summed E-state index contributed by atoms with van der Waals surface area (Å²) >= 11 is 0. The summed E-state index contributed by atoms with van der Waals surface area (Å²) in [5.74, 6) is -0.879. The van der Waals surface area contributed by atoms with Crippen LogP contribution in [0.3, 0.4) is 0 Å². The molecule has 0 bridgehead atoms. The van der Waals surface area contributed by atoms with Gasteiger partial charge in [-0.2, -0.15) is 0 Å². The minimum Gasteiger partial charge on any atom is -0.496 e. The lowest BCUT2D eigenvalue weighted by atomic mass is 10.0. The second-order valence-electron chi connectivity index (χ2n) is 3.18. The molecule has 0 aliphatic heterocycles. The smallest absolute Gasteiger partial charge is 0.339 e. The lowest BCUT2D eigenvalue weighted by molar-refractivity contribution is -0.116. The van der Waals surface area contributed by atoms with Gasteiger partial charge in [-0.15, -0.1) is 0 Å². The Morgan fingerprint density at radius 2 is 2.07 bits per heavy atom. The van der Waals surface area contributed by atoms with Gasteiger partial charge < -0.3 is 9.84 Å². The van der Waals surface area contributed by atoms with Crippen LogP contribution in [0.25, 0.3) is 0 Å². The average Bonchev–Trinajstić information content (AvgIpc) is 2.15. The zero-order valence-corrected chi connectivity index (χ0v) is 8.61. The van der Waals surface area contributed by atoms with Gasteiger partial charge in [0.05, 0.1) is 7.11 Å². The van der Waals surface area contributed by atoms with Crippen LogP contribution < -0.4 is 4.74 Å². The molecule has 0 aliphatic carbocycles. The molecule has 0 saturated carbocycles. The molecule has 0 atom stereocenters. The van der Waals surface area contributed by atoms with Gasteiger partial charge in [-0.05, 0) is 18.6 Å². The maximum atomic E-state index is 11.0. The maximum Gasteiger partial charge on any atom is 0.339 e. The normalized spacial score (nSPS) is 9.73. The predicted molar refractivity (Wildman–Crippen MR) is 54.3 cm³/mol. The fourth-order valence-electron chi connectivity index (χ4n) is 1.40. The van der Waals surface area contributed by atoms with E-state index in [2.05, 4.69) is 0 Å². The van der Waals surface area contributed by atoms with Crippen molar-refractivity contribution in [1.82, 2.24) is 0 Å². The maximum absolute atomic E-state index is 11.0. The molecule has 4 heteroatoms. The molecule has 1 aromatic rings. The molecule has 1 rings (SSSR count). The summed E-state index contributed by atoms with van der Waals surface area (Å²) in [6, 6.07) is 4.85. The number of aromatic carboxylic acids is 1. The second kappa shape index (κ2) is 4.59. The number of hydrogen-bond acceptors (Lipinski definition) is 3. The van der Waals surface area contributed by atoms with Crippen LogP contribution in [-0.4, -0.2) is 24.0 Å². The standard InChI is InChI=1S/C11H12O4/c1-7(12)6-8-4-3-5-9(15-2)10(8)11(13)14/h3-5H,6H2,1-2H3,(H,13,14). The highest BCUT2D eigenvalue weighted by atomic mass is 16.5. The Hall–Kier alpha value is -1.84. The largest absolute Gasteiger partial charge is 0.496 e. The number of methoxy groups -OCH3 is 1. The lowest BCUT2D eigenvalue weighted by Gasteiger charge is -2.08. The summed E-state index contributed by atoms with van der Waals surface area (Å²) < 4.78 is 4.94. The summed E-state index contributed by atoms with van der Waals surface area (Å²) in [5.41, 5.74) is 0.546. The third-order valence-corrected chi connectivity index (χ3v) is 1.99. The van der Waals surface area contributed by atoms with Gasteiger partial charge in [0.1, 0.15) is 17.1 Å². The van der Waals surface area contributed by atoms with E-state index < -0.39 is 5.97 Å². The predicted octanol–water partition coefficient (Wildman–Crippen LogP) is 1.52. The SMILES string of the molecule is COc1cccc(CC(C)=O)c1C(=O)O. The molecule has 15 heavy (non-hydrogen) atoms. The van der Waals surface area contributed by atoms with Gasteiger partial charge in [0, 0.05) is 6.42 Å². The van der Waals surface area contributed by atoms with E-state index in [1.807, 2.05) is 0 Å². The highest BCUT2D eigenvalue weighted by Crippen LogP contribution is 2.22. The van der Waals surface area contributed by atoms with Crippen LogP contribution in [-0.2, 0) is 11.2 Å². The minimum absolute atomic E-state index is 0.0650. The Balaban J connectivity index is 3.25. The molecule has 0 amide bonds. The summed E-state index contributed by atoms with van der Waals surface area (Å²) in [5, 5.41) is 9.00. The molecular formula is C11H12O4. The van der Waals surface area contributed by atoms with E-state index in [1.54, 1.807) is 18.2 Å². The quantitative estimate of drug-likeness (QED) is 0.814. The van der Waals surface area contributed by atoms with Crippen molar-refractivity contribution in [1.29, 1.82) is 0 Å². The number of rotatable bonds is 4. The number of carbonyl (C=O) groups is 2. The number of ketones is 1. The molecule has 0 saturated heterocycles. The van der Waals surface area contributed by atoms with Gasteiger partial charge in [0.2, 0.25) is 0 Å². The molecule has 1 N–H and O–H groups in total. The molecule has 0 fully saturated rings. The molecule has 4 nitrogen and oxygen atoms in total. The topological polar surface area (TPSA) is 63.6 Å². The van der Waals surface area contributed by atoms with Gasteiger partial charge in [-0.1, -0.05) is 12.1 Å². The van der Waals surface area contributed by atoms with Crippen molar-refractivity contribution < 1.29 is 19.4 Å². The summed E-state index contributed by atoms with van der Waals surface area (Å²) in [6.45, 7) is 1.42. The molecule has 0 heterocycles. The van der Waals surface area contributed by atoms with Gasteiger partial charge in [-0.25, -0.2) is 4.79 Å². The Morgan fingerprint density at radius 3 is 2.53 bits per heavy atom. The van der Waals surface area contributed by atoms with E-state index in [4.69, 9.17) is 9.84 Å². The summed E-state index contributed by atoms with van der Waals surface area (Å²) in [7, 11) is 1.40. The number of benzene rings is 1. The van der Waals surface area contributed by atoms with E-state index in [1.165, 1.54) is 14.0 Å². The van der Waals surface area contributed by atoms with Crippen LogP contribution in [0.15, 0.2) is 18.2 Å². The van der Waals surface area contributed by atoms with Crippen LogP contribution in [0, 0.1) is 0 Å². The van der Waals surface area contributed by atoms with Gasteiger partial charge in [-0.3, -0.25) is 4.79 Å². The number of ether oxygens (including phenoxy) is 1. The zero-order chi connectivity index (χ0) is 11.4. The molecule has 0 radical (unpaired) electrons. The van der Waals surface area contributed by atoms with Crippen LogP contribution in [0.2, 0.25) is 0 Å². The van der Waals surface area contributed by atoms with Crippen LogP contribution >= 0.6 is 0 Å². The molecule has 80 valence electrons. The molecule has 1 aromatic carbocycles. The first-order chi connectivity index (χ1) is 7.06. The Bertz CT molecular complexity index is 396. The number of Topliss-reactive ketones (excluding diaryl/α,β-unsaturated/α-hetero) is 1. The number of carbonyl (C=O) groups excluding carboxylic acids is 1. The first-order valence-corrected chi connectivity index (χ1v) is 4.45. The number of carboxylic acid groups (broad SMARTS) is 1. The van der Waals surface area contributed by atoms with Crippen LogP contribution in [0.4, 0.5) is 0 Å². The van der Waals surface area contributed by atoms with Crippen LogP contribution in [0.5, 0.6) is 5.75 Å². The third-order valence-electron chi connectivity index (χ3n) is 1.99. The van der Waals surface area contributed by atoms with Crippen molar-refractivity contribution in [2.24, 2.45) is 0 Å². The Kier molecular flexibility index (Phi) is 3.44. The highest BCUT2D eigenvalue weighted by molar-refractivity contribution is 5.94. The molecule has 0 aliphatic rings. The van der Waals surface area contributed by atoms with E-state index in [-0.39, 0.29) is 23.5 Å². The summed E-state index contributed by atoms with van der Waals surface area (Å²) in [6.07, 6.45) is 0.110. The van der Waals surface area contributed by atoms with Crippen molar-refractivity contribution in [3.63, 3.8) is 0 Å². The highest BCUT2D eigenvalue weighted by Gasteiger charge is 2.16. The van der Waals surface area contributed by atoms with Gasteiger partial charge in [0.15, 0.2) is 0 Å². The van der Waals surface area contributed by atoms with E-state index in [9.17, 15) is 9.59 Å². The monoisotopic (exact) mass is 208 g/mol. The van der Waals surface area contributed by atoms with Crippen LogP contribution in [0.1, 0.15) is 22.8 Å². The number of hydrogen-bond donors (Lipinski definition) is 1. The Labute approximate surface area is 87.5 Å². The fourth-order valence-corrected chi connectivity index (χ4v) is 1.40. The first-order valence-electron chi connectivity index (χ1n) is 4.45. The van der Waals surface area contributed by atoms with Crippen molar-refractivity contribution in [2.75, 3.05) is 7.11 Å². The van der Waals surface area contributed by atoms with Crippen molar-refractivity contribution in [3.05, 3.63) is 29.3 Å². The third kappa shape index (κ3) is 2.56. The summed E-state index contributed by atoms with van der Waals surface area (Å²) in [4.78, 5) is 21.9. The average molecular weight is 208 g/mol. The number of carboxylic acids is 1. The molecule has 0 aromatic heterocycles. The lowest BCUT2D eigenvalue weighted by Crippen LogP contribution is -2.08. The first kappa shape index (κ1) is 11.2. The van der Waals surface area contributed by atoms with E-state index >= 15 is 0 Å². The van der Waals surface area contributed by atoms with Gasteiger partial charge >= 0.3 is 5.97 Å². The van der Waals surface area contributed by atoms with Gasteiger partial charge in [0.25, 0.3) is 0 Å². The van der Waals surface area contributed by atoms with E-state index in [0.29, 0.717) is 5.56 Å². The van der Waals surface area contributed by atoms with Crippen molar-refractivity contribution >= 4 is 11.8 Å². The van der Waals surface area contributed by atoms with E-state index in [0.717, 1.165) is 0 Å². The second-order valence-corrected chi connectivity index (χ2v) is 3.18. The molecular weight excluding hydrogens is 196 g/mol. The molecule has 0 spiro atoms. The Morgan fingerprint density at radius 1 is 1.40 bits per heavy atom. The fraction of sp³-hybridized carbons (Fsp3) is 0.273. The molecule has 0 unspecified atom stereocenters. The van der Waals surface area contributed by atoms with Crippen molar-refractivity contribution in [2.45, 2.75) is 13.3 Å².